The average Bonchev–Trinajstić information content (AvgIpc) is 3.11. The van der Waals surface area contributed by atoms with E-state index in [1.54, 1.807) is 7.11 Å². The van der Waals surface area contributed by atoms with E-state index in [2.05, 4.69) is 29.1 Å². The van der Waals surface area contributed by atoms with Gasteiger partial charge in [0.25, 0.3) is 0 Å². The molecule has 0 aliphatic carbocycles. The van der Waals surface area contributed by atoms with Crippen LogP contribution in [-0.4, -0.2) is 35.8 Å². The predicted molar refractivity (Wildman–Crippen MR) is 98.7 cm³/mol. The first-order valence-corrected chi connectivity index (χ1v) is 8.92. The largest absolute Gasteiger partial charge is 0.381 e. The van der Waals surface area contributed by atoms with Gasteiger partial charge >= 0.3 is 0 Å². The van der Waals surface area contributed by atoms with Crippen LogP contribution in [0.5, 0.6) is 0 Å². The van der Waals surface area contributed by atoms with Gasteiger partial charge in [-0.2, -0.15) is 0 Å². The topological polar surface area (TPSA) is 56.3 Å². The van der Waals surface area contributed by atoms with Crippen LogP contribution < -0.4 is 5.32 Å². The Labute approximate surface area is 154 Å². The molecule has 1 aromatic carbocycles. The normalized spacial score (nSPS) is 17.5. The molecule has 140 valence electrons. The monoisotopic (exact) mass is 359 g/mol. The summed E-state index contributed by atoms with van der Waals surface area (Å²) in [4.78, 5) is 9.22. The number of hydrogen-bond acceptors (Lipinski definition) is 5. The Morgan fingerprint density at radius 1 is 1.27 bits per heavy atom. The van der Waals surface area contributed by atoms with E-state index in [1.807, 2.05) is 18.2 Å². The van der Waals surface area contributed by atoms with Crippen LogP contribution in [0.3, 0.4) is 0 Å². The molecule has 2 aromatic rings. The molecular formula is C20H26FN3O2. The second kappa shape index (κ2) is 8.10. The number of hydrogen-bond donors (Lipinski definition) is 1. The Balaban J connectivity index is 1.78. The second-order valence-electron chi connectivity index (χ2n) is 7.40. The van der Waals surface area contributed by atoms with Crippen molar-refractivity contribution in [1.82, 2.24) is 9.97 Å². The Bertz CT molecular complexity index is 728. The van der Waals surface area contributed by atoms with Gasteiger partial charge in [0.2, 0.25) is 0 Å². The number of aromatic nitrogens is 2. The van der Waals surface area contributed by atoms with Crippen LogP contribution in [0.1, 0.15) is 43.3 Å². The quantitative estimate of drug-likeness (QED) is 0.817. The summed E-state index contributed by atoms with van der Waals surface area (Å²) in [5.41, 5.74) is 1.81. The Kier molecular flexibility index (Phi) is 5.84. The average molecular weight is 359 g/mol. The number of nitrogens with zero attached hydrogens (tertiary/aromatic N) is 2. The number of benzene rings is 1. The van der Waals surface area contributed by atoms with Crippen LogP contribution in [0.4, 0.5) is 10.2 Å². The summed E-state index contributed by atoms with van der Waals surface area (Å²) in [5.74, 6) is 1.52. The second-order valence-corrected chi connectivity index (χ2v) is 7.40. The SMILES string of the molecule is COCc1nc(NC(C)(C)Cc2ccc(F)cc2)cc([C@H]2CCOC2)n1. The third-order valence-corrected chi connectivity index (χ3v) is 4.44. The van der Waals surface area contributed by atoms with Crippen molar-refractivity contribution in [1.29, 1.82) is 0 Å². The van der Waals surface area contributed by atoms with Gasteiger partial charge in [-0.3, -0.25) is 0 Å². The van der Waals surface area contributed by atoms with Crippen molar-refractivity contribution in [3.05, 3.63) is 53.2 Å². The van der Waals surface area contributed by atoms with Crippen molar-refractivity contribution in [2.24, 2.45) is 0 Å². The lowest BCUT2D eigenvalue weighted by molar-refractivity contribution is 0.177. The molecule has 6 heteroatoms. The fourth-order valence-corrected chi connectivity index (χ4v) is 3.26. The van der Waals surface area contributed by atoms with E-state index >= 15 is 0 Å². The number of anilines is 1. The molecule has 5 nitrogen and oxygen atoms in total. The van der Waals surface area contributed by atoms with E-state index in [9.17, 15) is 4.39 Å². The predicted octanol–water partition coefficient (Wildman–Crippen LogP) is 3.70. The van der Waals surface area contributed by atoms with Crippen LogP contribution in [0.25, 0.3) is 0 Å². The van der Waals surface area contributed by atoms with Crippen molar-refractivity contribution in [2.45, 2.75) is 44.8 Å². The summed E-state index contributed by atoms with van der Waals surface area (Å²) in [6.07, 6.45) is 1.72. The molecule has 0 saturated carbocycles. The first-order chi connectivity index (χ1) is 12.4. The highest BCUT2D eigenvalue weighted by Crippen LogP contribution is 2.27. The lowest BCUT2D eigenvalue weighted by Gasteiger charge is -2.28. The molecule has 0 radical (unpaired) electrons. The number of halogens is 1. The van der Waals surface area contributed by atoms with Gasteiger partial charge in [-0.05, 0) is 44.4 Å². The minimum atomic E-state index is -0.250. The maximum absolute atomic E-state index is 13.1. The highest BCUT2D eigenvalue weighted by Gasteiger charge is 2.23. The third kappa shape index (κ3) is 4.99. The fraction of sp³-hybridized carbons (Fsp3) is 0.500. The molecule has 2 heterocycles. The van der Waals surface area contributed by atoms with E-state index in [0.717, 1.165) is 36.5 Å². The first-order valence-electron chi connectivity index (χ1n) is 8.92. The molecule has 1 fully saturated rings. The van der Waals surface area contributed by atoms with Gasteiger partial charge in [0.15, 0.2) is 5.82 Å². The van der Waals surface area contributed by atoms with Crippen molar-refractivity contribution < 1.29 is 13.9 Å². The van der Waals surface area contributed by atoms with Crippen LogP contribution in [0.15, 0.2) is 30.3 Å². The Morgan fingerprint density at radius 3 is 2.69 bits per heavy atom. The summed E-state index contributed by atoms with van der Waals surface area (Å²) in [6, 6.07) is 8.62. The maximum Gasteiger partial charge on any atom is 0.156 e. The van der Waals surface area contributed by atoms with Crippen molar-refractivity contribution in [2.75, 3.05) is 25.6 Å². The Morgan fingerprint density at radius 2 is 2.04 bits per heavy atom. The van der Waals surface area contributed by atoms with Gasteiger partial charge in [0.1, 0.15) is 18.2 Å². The summed E-state index contributed by atoms with van der Waals surface area (Å²) in [7, 11) is 1.64. The fourth-order valence-electron chi connectivity index (χ4n) is 3.26. The molecule has 1 aliphatic rings. The lowest BCUT2D eigenvalue weighted by Crippen LogP contribution is -2.34. The molecule has 0 amide bonds. The van der Waals surface area contributed by atoms with E-state index in [1.165, 1.54) is 12.1 Å². The molecule has 1 aliphatic heterocycles. The summed E-state index contributed by atoms with van der Waals surface area (Å²) >= 11 is 0. The van der Waals surface area contributed by atoms with E-state index < -0.39 is 0 Å². The zero-order valence-electron chi connectivity index (χ0n) is 15.6. The van der Waals surface area contributed by atoms with Crippen molar-refractivity contribution >= 4 is 5.82 Å². The molecular weight excluding hydrogens is 333 g/mol. The zero-order chi connectivity index (χ0) is 18.6. The number of nitrogens with one attached hydrogen (secondary N) is 1. The minimum Gasteiger partial charge on any atom is -0.381 e. The van der Waals surface area contributed by atoms with Crippen LogP contribution >= 0.6 is 0 Å². The molecule has 0 spiro atoms. The molecule has 1 N–H and O–H groups in total. The number of rotatable bonds is 7. The van der Waals surface area contributed by atoms with Gasteiger partial charge in [0.05, 0.1) is 12.3 Å². The molecule has 1 aromatic heterocycles. The highest BCUT2D eigenvalue weighted by molar-refractivity contribution is 5.40. The molecule has 1 atom stereocenters. The van der Waals surface area contributed by atoms with Crippen LogP contribution in [0.2, 0.25) is 0 Å². The minimum absolute atomic E-state index is 0.219. The van der Waals surface area contributed by atoms with E-state index in [0.29, 0.717) is 25.0 Å². The standard InChI is InChI=1S/C20H26FN3O2/c1-20(2,11-14-4-6-16(21)7-5-14)24-18-10-17(15-8-9-26-12-15)22-19(23-18)13-25-3/h4-7,10,15H,8-9,11-13H2,1-3H3,(H,22,23,24)/t15-/m0/s1. The van der Waals surface area contributed by atoms with Crippen LogP contribution in [0, 0.1) is 5.82 Å². The van der Waals surface area contributed by atoms with Gasteiger partial charge < -0.3 is 14.8 Å². The first kappa shape index (κ1) is 18.7. The summed E-state index contributed by atoms with van der Waals surface area (Å²) < 4.78 is 23.8. The number of methoxy groups -OCH3 is 1. The molecule has 26 heavy (non-hydrogen) atoms. The van der Waals surface area contributed by atoms with Gasteiger partial charge in [0, 0.05) is 31.2 Å². The summed E-state index contributed by atoms with van der Waals surface area (Å²) in [6.45, 7) is 6.04. The lowest BCUT2D eigenvalue weighted by atomic mass is 9.94. The van der Waals surface area contributed by atoms with Gasteiger partial charge in [-0.25, -0.2) is 14.4 Å². The maximum atomic E-state index is 13.1. The molecule has 3 rings (SSSR count). The zero-order valence-corrected chi connectivity index (χ0v) is 15.6. The van der Waals surface area contributed by atoms with Crippen molar-refractivity contribution in [3.63, 3.8) is 0 Å². The molecule has 0 bridgehead atoms. The number of ether oxygens (including phenoxy) is 2. The highest BCUT2D eigenvalue weighted by atomic mass is 19.1. The third-order valence-electron chi connectivity index (χ3n) is 4.44. The summed E-state index contributed by atoms with van der Waals surface area (Å²) in [5, 5.41) is 3.50. The molecule has 0 unspecified atom stereocenters. The van der Waals surface area contributed by atoms with E-state index in [-0.39, 0.29) is 11.4 Å². The Hall–Kier alpha value is -2.05. The smallest absolute Gasteiger partial charge is 0.156 e. The molecule has 1 saturated heterocycles. The van der Waals surface area contributed by atoms with Crippen LogP contribution in [-0.2, 0) is 22.5 Å². The van der Waals surface area contributed by atoms with E-state index in [4.69, 9.17) is 9.47 Å². The van der Waals surface area contributed by atoms with Crippen molar-refractivity contribution in [3.8, 4) is 0 Å². The van der Waals surface area contributed by atoms with Gasteiger partial charge in [-0.15, -0.1) is 0 Å². The van der Waals surface area contributed by atoms with Gasteiger partial charge in [-0.1, -0.05) is 12.1 Å².